The van der Waals surface area contributed by atoms with Crippen LogP contribution in [-0.4, -0.2) is 149 Å². The largest absolute Gasteiger partial charge is 0.494 e. The summed E-state index contributed by atoms with van der Waals surface area (Å²) in [5.41, 5.74) is 17.2. The van der Waals surface area contributed by atoms with Crippen molar-refractivity contribution >= 4 is 90.4 Å². The van der Waals surface area contributed by atoms with Gasteiger partial charge in [0.1, 0.15) is 48.0 Å². The molecular weight excluding hydrogens is 1060 g/mol. The third kappa shape index (κ3) is 21.6. The van der Waals surface area contributed by atoms with Crippen molar-refractivity contribution in [1.82, 2.24) is 47.4 Å². The summed E-state index contributed by atoms with van der Waals surface area (Å²) in [5.74, 6) is -8.18. The number of likely N-dealkylation sites (tertiary alicyclic amines) is 1. The lowest BCUT2D eigenvalue weighted by molar-refractivity contribution is -0.142. The number of nitrogens with zero attached hydrogens (tertiary/aromatic N) is 1. The predicted octanol–water partition coefficient (Wildman–Crippen LogP) is -0.696. The number of rotatable bonds is 31. The van der Waals surface area contributed by atoms with Crippen LogP contribution in [0, 0.1) is 5.92 Å². The Bertz CT molecular complexity index is 2450. The Balaban J connectivity index is 1.52. The fourth-order valence-electron chi connectivity index (χ4n) is 9.37. The molecule has 0 radical (unpaired) electrons. The van der Waals surface area contributed by atoms with Crippen LogP contribution in [0.4, 0.5) is 4.79 Å². The minimum Gasteiger partial charge on any atom is -0.494 e. The first kappa shape index (κ1) is 64.4. The zero-order chi connectivity index (χ0) is 58.2. The van der Waals surface area contributed by atoms with E-state index in [2.05, 4.69) is 55.2 Å². The zero-order valence-corrected chi connectivity index (χ0v) is 46.8. The van der Waals surface area contributed by atoms with E-state index in [1.165, 1.54) is 4.90 Å². The Morgan fingerprint density at radius 3 is 1.86 bits per heavy atom. The summed E-state index contributed by atoms with van der Waals surface area (Å²) in [4.78, 5) is 148. The number of urea groups is 1. The SMILES string of the molecule is CCOc1ccc(C[C@@H](NC(=O)CC2(S)CCCCC2)C(=O)N[C@@H](Cc2ccccc2)C(=O)N[C@H](C(=O)N[C@@H](CC(N)=O)C(=O)N[C@@H](CS)C(=O)N2CCC[C@H]2C(=O)N[C@@H](CCCNC(N)=O)C(=O)NCC(N)=O)C(C)C)cc1. The van der Waals surface area contributed by atoms with E-state index >= 15 is 0 Å². The first-order valence-corrected chi connectivity index (χ1v) is 27.7. The normalized spacial score (nSPS) is 17.0. The second-order valence-corrected chi connectivity index (χ2v) is 21.5. The molecule has 434 valence electrons. The lowest BCUT2D eigenvalue weighted by atomic mass is 9.85. The van der Waals surface area contributed by atoms with Gasteiger partial charge < -0.3 is 69.4 Å². The second kappa shape index (κ2) is 32.1. The van der Waals surface area contributed by atoms with E-state index in [-0.39, 0.29) is 63.3 Å². The number of hydrogen-bond donors (Lipinski definition) is 13. The highest BCUT2D eigenvalue weighted by Crippen LogP contribution is 2.36. The summed E-state index contributed by atoms with van der Waals surface area (Å²) >= 11 is 9.16. The maximum Gasteiger partial charge on any atom is 0.312 e. The molecule has 2 aromatic carbocycles. The van der Waals surface area contributed by atoms with Crippen LogP contribution >= 0.6 is 25.3 Å². The van der Waals surface area contributed by atoms with Gasteiger partial charge in [0.25, 0.3) is 0 Å². The zero-order valence-electron chi connectivity index (χ0n) is 45.0. The van der Waals surface area contributed by atoms with Gasteiger partial charge >= 0.3 is 6.03 Å². The molecule has 1 aliphatic carbocycles. The van der Waals surface area contributed by atoms with E-state index < -0.39 is 125 Å². The predicted molar refractivity (Wildman–Crippen MR) is 299 cm³/mol. The van der Waals surface area contributed by atoms with Gasteiger partial charge in [-0.1, -0.05) is 75.6 Å². The maximum absolute atomic E-state index is 14.5. The molecule has 1 saturated heterocycles. The standard InChI is InChI=1S/C53H78N12O12S2/c1-4-77-34-19-17-33(18-20-34)26-36(59-43(68)28-53(79)21-9-6-10-22-53)46(70)61-37(25-32-13-7-5-8-14-32)48(72)64-44(31(2)3)50(74)62-38(27-41(54)66)47(71)63-39(30-78)51(75)65-24-12-16-40(65)49(73)60-35(15-11-23-57-52(56)76)45(69)58-29-42(55)67/h5,7-8,13-14,17-20,31,35-40,44,78-79H,4,6,9-12,15-16,21-30H2,1-3H3,(H2,54,66)(H2,55,67)(H,58,69)(H,59,68)(H,60,73)(H,61,70)(H,62,74)(H,63,71)(H,64,72)(H3,56,57,76)/t35-,36+,37-,38-,39-,40-,44-/m0/s1. The second-order valence-electron chi connectivity index (χ2n) is 20.2. The van der Waals surface area contributed by atoms with Crippen molar-refractivity contribution in [1.29, 1.82) is 0 Å². The first-order chi connectivity index (χ1) is 37.5. The van der Waals surface area contributed by atoms with Crippen molar-refractivity contribution in [2.45, 2.75) is 151 Å². The smallest absolute Gasteiger partial charge is 0.312 e. The minimum absolute atomic E-state index is 0.00315. The highest BCUT2D eigenvalue weighted by Gasteiger charge is 2.40. The number of amides is 12. The number of benzene rings is 2. The number of carbonyl (C=O) groups is 11. The van der Waals surface area contributed by atoms with E-state index in [4.69, 9.17) is 34.6 Å². The summed E-state index contributed by atoms with van der Waals surface area (Å²) in [6.45, 7) is 5.16. The Morgan fingerprint density at radius 2 is 1.27 bits per heavy atom. The van der Waals surface area contributed by atoms with Gasteiger partial charge in [-0.3, -0.25) is 47.9 Å². The molecule has 1 saturated carbocycles. The van der Waals surface area contributed by atoms with Crippen LogP contribution in [0.25, 0.3) is 0 Å². The fraction of sp³-hybridized carbons (Fsp3) is 0.566. The van der Waals surface area contributed by atoms with Crippen molar-refractivity contribution in [2.75, 3.05) is 32.0 Å². The van der Waals surface area contributed by atoms with Crippen molar-refractivity contribution in [3.63, 3.8) is 0 Å². The summed E-state index contributed by atoms with van der Waals surface area (Å²) < 4.78 is 5.05. The summed E-state index contributed by atoms with van der Waals surface area (Å²) in [6.07, 6.45) is 4.44. The van der Waals surface area contributed by atoms with Crippen molar-refractivity contribution in [2.24, 2.45) is 23.1 Å². The Hall–Kier alpha value is -7.09. The summed E-state index contributed by atoms with van der Waals surface area (Å²) in [7, 11) is 0. The van der Waals surface area contributed by atoms with Crippen molar-refractivity contribution < 1.29 is 57.5 Å². The van der Waals surface area contributed by atoms with Gasteiger partial charge in [0, 0.05) is 42.9 Å². The Morgan fingerprint density at radius 1 is 0.671 bits per heavy atom. The van der Waals surface area contributed by atoms with Crippen LogP contribution in [0.3, 0.4) is 0 Å². The molecule has 7 atom stereocenters. The van der Waals surface area contributed by atoms with Crippen LogP contribution in [0.5, 0.6) is 5.75 Å². The molecule has 4 rings (SSSR count). The van der Waals surface area contributed by atoms with Crippen LogP contribution in [0.1, 0.15) is 103 Å². The number of carbonyl (C=O) groups excluding carboxylic acids is 11. The molecule has 2 aliphatic rings. The Kier molecular flexibility index (Phi) is 26.2. The third-order valence-corrected chi connectivity index (χ3v) is 14.4. The number of primary amides is 3. The number of ether oxygens (including phenoxy) is 1. The molecule has 24 nitrogen and oxygen atoms in total. The quantitative estimate of drug-likeness (QED) is 0.0330. The average Bonchev–Trinajstić information content (AvgIpc) is 3.90. The minimum atomic E-state index is -1.68. The van der Waals surface area contributed by atoms with Crippen LogP contribution < -0.4 is 64.5 Å². The van der Waals surface area contributed by atoms with Gasteiger partial charge in [-0.2, -0.15) is 25.3 Å². The van der Waals surface area contributed by atoms with Crippen molar-refractivity contribution in [3.8, 4) is 5.75 Å². The molecule has 12 amide bonds. The van der Waals surface area contributed by atoms with E-state index in [0.29, 0.717) is 29.9 Å². The molecule has 26 heteroatoms. The molecule has 1 heterocycles. The highest BCUT2D eigenvalue weighted by atomic mass is 32.1. The molecule has 0 aromatic heterocycles. The van der Waals surface area contributed by atoms with Gasteiger partial charge in [0.2, 0.25) is 59.1 Å². The first-order valence-electron chi connectivity index (χ1n) is 26.6. The number of nitrogens with one attached hydrogen (secondary N) is 8. The molecule has 0 spiro atoms. The summed E-state index contributed by atoms with van der Waals surface area (Å²) in [6, 6.07) is 5.82. The number of thiol groups is 2. The Labute approximate surface area is 471 Å². The average molecular weight is 1140 g/mol. The van der Waals surface area contributed by atoms with Crippen LogP contribution in [-0.2, 0) is 60.8 Å². The van der Waals surface area contributed by atoms with E-state index in [1.54, 1.807) is 68.4 Å². The maximum atomic E-state index is 14.5. The van der Waals surface area contributed by atoms with E-state index in [9.17, 15) is 52.7 Å². The summed E-state index contributed by atoms with van der Waals surface area (Å²) in [5, 5.41) is 20.7. The van der Waals surface area contributed by atoms with Crippen LogP contribution in [0.15, 0.2) is 54.6 Å². The molecule has 79 heavy (non-hydrogen) atoms. The number of nitrogens with two attached hydrogens (primary N) is 3. The van der Waals surface area contributed by atoms with E-state index in [0.717, 1.165) is 32.1 Å². The monoisotopic (exact) mass is 1140 g/mol. The van der Waals surface area contributed by atoms with Gasteiger partial charge in [0.05, 0.1) is 19.6 Å². The van der Waals surface area contributed by atoms with Gasteiger partial charge in [-0.25, -0.2) is 4.79 Å². The third-order valence-electron chi connectivity index (χ3n) is 13.5. The molecule has 14 N–H and O–H groups in total. The van der Waals surface area contributed by atoms with Gasteiger partial charge in [0.15, 0.2) is 0 Å². The van der Waals surface area contributed by atoms with Gasteiger partial charge in [-0.15, -0.1) is 0 Å². The van der Waals surface area contributed by atoms with E-state index in [1.807, 2.05) is 6.92 Å². The molecule has 2 aromatic rings. The molecular formula is C53H78N12O12S2. The molecule has 0 unspecified atom stereocenters. The number of hydrogen-bond acceptors (Lipinski definition) is 14. The van der Waals surface area contributed by atoms with Crippen LogP contribution in [0.2, 0.25) is 0 Å². The van der Waals surface area contributed by atoms with Crippen molar-refractivity contribution in [3.05, 3.63) is 65.7 Å². The molecule has 1 aliphatic heterocycles. The lowest BCUT2D eigenvalue weighted by Crippen LogP contribution is -2.61. The molecule has 2 fully saturated rings. The topological polar surface area (TPSA) is 375 Å². The molecule has 0 bridgehead atoms. The fourth-order valence-corrected chi connectivity index (χ4v) is 10.1. The lowest BCUT2D eigenvalue weighted by Gasteiger charge is -2.32. The highest BCUT2D eigenvalue weighted by molar-refractivity contribution is 7.81. The van der Waals surface area contributed by atoms with Gasteiger partial charge in [-0.05, 0) is 74.6 Å².